The molecule has 2 rings (SSSR count). The number of likely N-dealkylation sites (tertiary alicyclic amines) is 1. The Kier molecular flexibility index (Phi) is 4.11. The van der Waals surface area contributed by atoms with Crippen LogP contribution in [0.15, 0.2) is 6.20 Å². The van der Waals surface area contributed by atoms with E-state index in [-0.39, 0.29) is 16.7 Å². The lowest BCUT2D eigenvalue weighted by Crippen LogP contribution is -2.38. The van der Waals surface area contributed by atoms with Crippen molar-refractivity contribution < 1.29 is 10.0 Å². The van der Waals surface area contributed by atoms with E-state index in [0.29, 0.717) is 24.2 Å². The van der Waals surface area contributed by atoms with Gasteiger partial charge in [0, 0.05) is 30.4 Å². The lowest BCUT2D eigenvalue weighted by molar-refractivity contribution is -0.386. The van der Waals surface area contributed by atoms with Crippen molar-refractivity contribution in [2.45, 2.75) is 39.3 Å². The zero-order chi connectivity index (χ0) is 14.0. The Balaban J connectivity index is 2.21. The molecule has 1 saturated heterocycles. The van der Waals surface area contributed by atoms with Gasteiger partial charge in [0.2, 0.25) is 0 Å². The first-order valence-electron chi connectivity index (χ1n) is 6.49. The molecule has 1 aliphatic heterocycles. The zero-order valence-corrected chi connectivity index (χ0v) is 11.3. The Labute approximate surface area is 112 Å². The topological polar surface area (TPSA) is 79.5 Å². The lowest BCUT2D eigenvalue weighted by Gasteiger charge is -2.29. The van der Waals surface area contributed by atoms with Crippen LogP contribution in [0.5, 0.6) is 0 Å². The van der Waals surface area contributed by atoms with Crippen molar-refractivity contribution in [2.24, 2.45) is 0 Å². The van der Waals surface area contributed by atoms with Crippen LogP contribution in [-0.2, 0) is 6.54 Å². The molecule has 19 heavy (non-hydrogen) atoms. The molecule has 0 aliphatic carbocycles. The van der Waals surface area contributed by atoms with E-state index in [9.17, 15) is 15.2 Å². The van der Waals surface area contributed by atoms with Crippen molar-refractivity contribution in [1.82, 2.24) is 9.88 Å². The number of aryl methyl sites for hydroxylation is 1. The van der Waals surface area contributed by atoms with Crippen molar-refractivity contribution in [3.8, 4) is 0 Å². The van der Waals surface area contributed by atoms with Crippen molar-refractivity contribution in [1.29, 1.82) is 0 Å². The summed E-state index contributed by atoms with van der Waals surface area (Å²) in [6, 6.07) is 0. The number of aromatic nitrogens is 1. The number of hydrogen-bond acceptors (Lipinski definition) is 5. The summed E-state index contributed by atoms with van der Waals surface area (Å²) < 4.78 is 0. The van der Waals surface area contributed by atoms with Gasteiger partial charge in [-0.1, -0.05) is 0 Å². The molecule has 0 radical (unpaired) electrons. The van der Waals surface area contributed by atoms with Crippen molar-refractivity contribution in [2.75, 3.05) is 13.1 Å². The Hall–Kier alpha value is -1.53. The highest BCUT2D eigenvalue weighted by Crippen LogP contribution is 2.25. The molecule has 0 saturated carbocycles. The largest absolute Gasteiger partial charge is 0.392 e. The van der Waals surface area contributed by atoms with Crippen LogP contribution in [0.3, 0.4) is 0 Å². The van der Waals surface area contributed by atoms with E-state index >= 15 is 0 Å². The van der Waals surface area contributed by atoms with E-state index in [4.69, 9.17) is 0 Å². The monoisotopic (exact) mass is 265 g/mol. The van der Waals surface area contributed by atoms with Gasteiger partial charge in [-0.3, -0.25) is 20.0 Å². The molecule has 6 nitrogen and oxygen atoms in total. The minimum atomic E-state index is -0.346. The van der Waals surface area contributed by atoms with Crippen LogP contribution in [0.1, 0.15) is 29.7 Å². The molecular formula is C13H19N3O3. The average Bonchev–Trinajstić information content (AvgIpc) is 2.32. The molecule has 1 N–H and O–H groups in total. The molecule has 1 atom stereocenters. The molecule has 1 aliphatic rings. The highest BCUT2D eigenvalue weighted by atomic mass is 16.6. The predicted molar refractivity (Wildman–Crippen MR) is 70.9 cm³/mol. The van der Waals surface area contributed by atoms with Gasteiger partial charge in [-0.2, -0.15) is 0 Å². The number of pyridine rings is 1. The number of aliphatic hydroxyl groups excluding tert-OH is 1. The minimum Gasteiger partial charge on any atom is -0.392 e. The summed E-state index contributed by atoms with van der Waals surface area (Å²) in [6.45, 7) is 5.52. The van der Waals surface area contributed by atoms with Crippen LogP contribution >= 0.6 is 0 Å². The number of piperidine rings is 1. The lowest BCUT2D eigenvalue weighted by atomic mass is 10.1. The van der Waals surface area contributed by atoms with Crippen LogP contribution in [0.4, 0.5) is 5.69 Å². The SMILES string of the molecule is Cc1cnc(CN2CCC[C@H](O)C2)c(C)c1[N+](=O)[O-]. The van der Waals surface area contributed by atoms with Crippen molar-refractivity contribution in [3.63, 3.8) is 0 Å². The predicted octanol–water partition coefficient (Wildman–Crippen LogP) is 1.56. The molecule has 2 heterocycles. The third-order valence-electron chi connectivity index (χ3n) is 3.61. The Morgan fingerprint density at radius 3 is 2.95 bits per heavy atom. The molecular weight excluding hydrogens is 246 g/mol. The van der Waals surface area contributed by atoms with E-state index in [0.717, 1.165) is 25.1 Å². The maximum atomic E-state index is 11.1. The first-order chi connectivity index (χ1) is 8.99. The van der Waals surface area contributed by atoms with Crippen LogP contribution in [0.25, 0.3) is 0 Å². The number of nitrogens with zero attached hydrogens (tertiary/aromatic N) is 3. The Morgan fingerprint density at radius 1 is 1.58 bits per heavy atom. The number of β-amino-alcohol motifs (C(OH)–C–C–N with tert-alkyl or cyclic N) is 1. The second-order valence-electron chi connectivity index (χ2n) is 5.15. The Morgan fingerprint density at radius 2 is 2.32 bits per heavy atom. The van der Waals surface area contributed by atoms with Crippen molar-refractivity contribution in [3.05, 3.63) is 33.1 Å². The molecule has 0 spiro atoms. The van der Waals surface area contributed by atoms with E-state index in [1.165, 1.54) is 0 Å². The maximum absolute atomic E-state index is 11.1. The number of aliphatic hydroxyl groups is 1. The molecule has 1 aromatic rings. The highest BCUT2D eigenvalue weighted by Gasteiger charge is 2.22. The van der Waals surface area contributed by atoms with Crippen LogP contribution < -0.4 is 0 Å². The normalized spacial score (nSPS) is 20.5. The molecule has 0 amide bonds. The second kappa shape index (κ2) is 5.63. The number of rotatable bonds is 3. The van der Waals surface area contributed by atoms with Gasteiger partial charge in [0.25, 0.3) is 5.69 Å². The maximum Gasteiger partial charge on any atom is 0.278 e. The highest BCUT2D eigenvalue weighted by molar-refractivity contribution is 5.47. The van der Waals surface area contributed by atoms with Gasteiger partial charge in [-0.25, -0.2) is 0 Å². The van der Waals surface area contributed by atoms with Crippen LogP contribution in [0.2, 0.25) is 0 Å². The summed E-state index contributed by atoms with van der Waals surface area (Å²) in [5, 5.41) is 20.7. The van der Waals surface area contributed by atoms with Crippen LogP contribution in [0, 0.1) is 24.0 Å². The van der Waals surface area contributed by atoms with Gasteiger partial charge in [0.15, 0.2) is 0 Å². The zero-order valence-electron chi connectivity index (χ0n) is 11.3. The summed E-state index contributed by atoms with van der Waals surface area (Å²) in [7, 11) is 0. The van der Waals surface area contributed by atoms with E-state index < -0.39 is 0 Å². The molecule has 1 aromatic heterocycles. The first-order valence-corrected chi connectivity index (χ1v) is 6.49. The summed E-state index contributed by atoms with van der Waals surface area (Å²) >= 11 is 0. The molecule has 0 bridgehead atoms. The quantitative estimate of drug-likeness (QED) is 0.662. The van der Waals surface area contributed by atoms with Crippen molar-refractivity contribution >= 4 is 5.69 Å². The van der Waals surface area contributed by atoms with Crippen LogP contribution in [-0.4, -0.2) is 39.1 Å². The smallest absolute Gasteiger partial charge is 0.278 e. The number of hydrogen-bond donors (Lipinski definition) is 1. The van der Waals surface area contributed by atoms with Gasteiger partial charge in [-0.15, -0.1) is 0 Å². The summed E-state index contributed by atoms with van der Waals surface area (Å²) in [6.07, 6.45) is 3.04. The summed E-state index contributed by atoms with van der Waals surface area (Å²) in [4.78, 5) is 17.1. The minimum absolute atomic E-state index is 0.155. The first kappa shape index (κ1) is 13.9. The second-order valence-corrected chi connectivity index (χ2v) is 5.15. The van der Waals surface area contributed by atoms with E-state index in [2.05, 4.69) is 9.88 Å². The third kappa shape index (κ3) is 3.08. The Bertz CT molecular complexity index is 490. The molecule has 0 unspecified atom stereocenters. The van der Waals surface area contributed by atoms with Gasteiger partial charge in [0.1, 0.15) is 0 Å². The summed E-state index contributed by atoms with van der Waals surface area (Å²) in [5.41, 5.74) is 2.10. The standard InChI is InChI=1S/C13H19N3O3/c1-9-6-14-12(10(2)13(9)16(18)19)8-15-5-3-4-11(17)7-15/h6,11,17H,3-5,7-8H2,1-2H3/t11-/m0/s1. The van der Waals surface area contributed by atoms with Gasteiger partial charge in [-0.05, 0) is 33.2 Å². The summed E-state index contributed by atoms with van der Waals surface area (Å²) in [5.74, 6) is 0. The average molecular weight is 265 g/mol. The fraction of sp³-hybridized carbons (Fsp3) is 0.615. The van der Waals surface area contributed by atoms with E-state index in [1.807, 2.05) is 0 Å². The molecule has 0 aromatic carbocycles. The molecule has 104 valence electrons. The molecule has 6 heteroatoms. The van der Waals surface area contributed by atoms with E-state index in [1.54, 1.807) is 20.0 Å². The van der Waals surface area contributed by atoms with Gasteiger partial charge < -0.3 is 5.11 Å². The van der Waals surface area contributed by atoms with Gasteiger partial charge >= 0.3 is 0 Å². The van der Waals surface area contributed by atoms with Gasteiger partial charge in [0.05, 0.1) is 16.7 Å². The fourth-order valence-corrected chi connectivity index (χ4v) is 2.59. The number of nitro groups is 1. The third-order valence-corrected chi connectivity index (χ3v) is 3.61. The molecule has 1 fully saturated rings. The fourth-order valence-electron chi connectivity index (χ4n) is 2.59.